The van der Waals surface area contributed by atoms with Gasteiger partial charge in [-0.15, -0.1) is 0 Å². The first-order valence-corrected chi connectivity index (χ1v) is 7.57. The number of carbonyl (C=O) groups excluding carboxylic acids is 2. The average molecular weight is 364 g/mol. The predicted molar refractivity (Wildman–Crippen MR) is 90.6 cm³/mol. The lowest BCUT2D eigenvalue weighted by Crippen LogP contribution is -2.41. The third kappa shape index (κ3) is 4.67. The Bertz CT molecular complexity index is 808. The number of rotatable bonds is 5. The van der Waals surface area contributed by atoms with Crippen molar-refractivity contribution >= 4 is 29.1 Å². The number of carbonyl (C=O) groups is 2. The lowest BCUT2D eigenvalue weighted by atomic mass is 10.2. The van der Waals surface area contributed by atoms with E-state index in [2.05, 4.69) is 10.9 Å². The molecule has 0 atom stereocenters. The molecule has 2 rings (SSSR count). The van der Waals surface area contributed by atoms with E-state index in [1.54, 1.807) is 24.3 Å². The third-order valence-corrected chi connectivity index (χ3v) is 3.44. The van der Waals surface area contributed by atoms with Gasteiger partial charge in [0.15, 0.2) is 0 Å². The second-order valence-electron chi connectivity index (χ2n) is 4.79. The van der Waals surface area contributed by atoms with Crippen LogP contribution in [-0.2, 0) is 0 Å². The fraction of sp³-hybridized carbons (Fsp3) is 0.125. The van der Waals surface area contributed by atoms with Gasteiger partial charge in [-0.25, -0.2) is 0 Å². The molecule has 0 bridgehead atoms. The van der Waals surface area contributed by atoms with Gasteiger partial charge in [-0.1, -0.05) is 11.6 Å². The van der Waals surface area contributed by atoms with Crippen molar-refractivity contribution in [3.8, 4) is 5.75 Å². The Hall–Kier alpha value is -3.13. The number of nitro groups is 1. The molecule has 2 aromatic rings. The lowest BCUT2D eigenvalue weighted by Gasteiger charge is -2.09. The van der Waals surface area contributed by atoms with Gasteiger partial charge in [0.1, 0.15) is 5.75 Å². The molecule has 8 nitrogen and oxygen atoms in total. The summed E-state index contributed by atoms with van der Waals surface area (Å²) in [4.78, 5) is 34.0. The van der Waals surface area contributed by atoms with Crippen molar-refractivity contribution in [3.63, 3.8) is 0 Å². The Morgan fingerprint density at radius 3 is 2.32 bits per heavy atom. The number of halogens is 1. The topological polar surface area (TPSA) is 111 Å². The van der Waals surface area contributed by atoms with Gasteiger partial charge in [0.2, 0.25) is 0 Å². The van der Waals surface area contributed by atoms with Gasteiger partial charge in [-0.3, -0.25) is 30.6 Å². The molecule has 0 aliphatic rings. The number of benzene rings is 2. The largest absolute Gasteiger partial charge is 0.494 e. The van der Waals surface area contributed by atoms with Crippen LogP contribution in [0.15, 0.2) is 42.5 Å². The van der Waals surface area contributed by atoms with E-state index < -0.39 is 16.7 Å². The number of amides is 2. The second-order valence-corrected chi connectivity index (χ2v) is 5.19. The van der Waals surface area contributed by atoms with Gasteiger partial charge < -0.3 is 4.74 Å². The second kappa shape index (κ2) is 8.11. The molecular weight excluding hydrogens is 350 g/mol. The molecule has 0 unspecified atom stereocenters. The zero-order valence-electron chi connectivity index (χ0n) is 13.1. The standard InChI is InChI=1S/C16H14ClN3O5/c1-2-25-12-6-3-10(4-7-12)15(21)18-19-16(22)13-8-5-11(20(23)24)9-14(13)17/h3-9H,2H2,1H3,(H,18,21)(H,19,22). The number of nitro benzene ring substituents is 1. The van der Waals surface area contributed by atoms with E-state index in [9.17, 15) is 19.7 Å². The summed E-state index contributed by atoms with van der Waals surface area (Å²) in [7, 11) is 0. The lowest BCUT2D eigenvalue weighted by molar-refractivity contribution is -0.384. The molecule has 130 valence electrons. The highest BCUT2D eigenvalue weighted by atomic mass is 35.5. The van der Waals surface area contributed by atoms with Crippen molar-refractivity contribution in [2.24, 2.45) is 0 Å². The quantitative estimate of drug-likeness (QED) is 0.626. The van der Waals surface area contributed by atoms with Gasteiger partial charge in [-0.05, 0) is 37.3 Å². The summed E-state index contributed by atoms with van der Waals surface area (Å²) >= 11 is 5.86. The van der Waals surface area contributed by atoms with Crippen molar-refractivity contribution in [1.82, 2.24) is 10.9 Å². The van der Waals surface area contributed by atoms with E-state index in [1.807, 2.05) is 6.92 Å². The predicted octanol–water partition coefficient (Wildman–Crippen LogP) is 2.72. The molecule has 0 radical (unpaired) electrons. The van der Waals surface area contributed by atoms with E-state index in [4.69, 9.17) is 16.3 Å². The molecule has 2 amide bonds. The van der Waals surface area contributed by atoms with E-state index in [0.29, 0.717) is 17.9 Å². The highest BCUT2D eigenvalue weighted by Crippen LogP contribution is 2.22. The number of hydrogen-bond acceptors (Lipinski definition) is 5. The summed E-state index contributed by atoms with van der Waals surface area (Å²) < 4.78 is 5.27. The summed E-state index contributed by atoms with van der Waals surface area (Å²) in [6, 6.07) is 9.77. The zero-order chi connectivity index (χ0) is 18.4. The van der Waals surface area contributed by atoms with Gasteiger partial charge >= 0.3 is 0 Å². The molecule has 2 aromatic carbocycles. The molecule has 0 heterocycles. The minimum absolute atomic E-state index is 0.000685. The first-order valence-electron chi connectivity index (χ1n) is 7.20. The SMILES string of the molecule is CCOc1ccc(C(=O)NNC(=O)c2ccc([N+](=O)[O-])cc2Cl)cc1. The number of hydrazine groups is 1. The smallest absolute Gasteiger partial charge is 0.271 e. The Balaban J connectivity index is 1.99. The van der Waals surface area contributed by atoms with Crippen LogP contribution in [0.4, 0.5) is 5.69 Å². The van der Waals surface area contributed by atoms with Crippen LogP contribution in [-0.4, -0.2) is 23.3 Å². The summed E-state index contributed by atoms with van der Waals surface area (Å²) in [5.41, 5.74) is 4.53. The van der Waals surface area contributed by atoms with Gasteiger partial charge in [0.25, 0.3) is 17.5 Å². The van der Waals surface area contributed by atoms with Crippen molar-refractivity contribution in [1.29, 1.82) is 0 Å². The average Bonchev–Trinajstić information content (AvgIpc) is 2.60. The molecular formula is C16H14ClN3O5. The molecule has 9 heteroatoms. The van der Waals surface area contributed by atoms with Gasteiger partial charge in [-0.2, -0.15) is 0 Å². The number of non-ortho nitro benzene ring substituents is 1. The fourth-order valence-corrected chi connectivity index (χ4v) is 2.18. The van der Waals surface area contributed by atoms with E-state index in [-0.39, 0.29) is 16.3 Å². The maximum absolute atomic E-state index is 12.0. The Morgan fingerprint density at radius 2 is 1.76 bits per heavy atom. The van der Waals surface area contributed by atoms with Crippen LogP contribution in [0.2, 0.25) is 5.02 Å². The van der Waals surface area contributed by atoms with E-state index >= 15 is 0 Å². The van der Waals surface area contributed by atoms with Crippen molar-refractivity contribution < 1.29 is 19.2 Å². The summed E-state index contributed by atoms with van der Waals surface area (Å²) in [5, 5.41) is 10.6. The number of ether oxygens (including phenoxy) is 1. The van der Waals surface area contributed by atoms with Crippen molar-refractivity contribution in [2.75, 3.05) is 6.61 Å². The van der Waals surface area contributed by atoms with Crippen LogP contribution in [0.5, 0.6) is 5.75 Å². The summed E-state index contributed by atoms with van der Waals surface area (Å²) in [6.45, 7) is 2.36. The maximum Gasteiger partial charge on any atom is 0.271 e. The maximum atomic E-state index is 12.0. The van der Waals surface area contributed by atoms with Crippen molar-refractivity contribution in [3.05, 3.63) is 68.7 Å². The van der Waals surface area contributed by atoms with E-state index in [1.165, 1.54) is 6.07 Å². The minimum atomic E-state index is -0.695. The molecule has 0 fully saturated rings. The minimum Gasteiger partial charge on any atom is -0.494 e. The van der Waals surface area contributed by atoms with Crippen LogP contribution in [0.1, 0.15) is 27.6 Å². The Morgan fingerprint density at radius 1 is 1.12 bits per heavy atom. The first kappa shape index (κ1) is 18.2. The van der Waals surface area contributed by atoms with Crippen LogP contribution in [0.25, 0.3) is 0 Å². The number of hydrogen-bond donors (Lipinski definition) is 2. The van der Waals surface area contributed by atoms with Crippen LogP contribution in [0, 0.1) is 10.1 Å². The Kier molecular flexibility index (Phi) is 5.91. The molecule has 0 aliphatic heterocycles. The summed E-state index contributed by atoms with van der Waals surface area (Å²) in [6.07, 6.45) is 0. The number of nitrogens with zero attached hydrogens (tertiary/aromatic N) is 1. The normalized spacial score (nSPS) is 10.0. The number of nitrogens with one attached hydrogen (secondary N) is 2. The van der Waals surface area contributed by atoms with Gasteiger partial charge in [0.05, 0.1) is 22.1 Å². The van der Waals surface area contributed by atoms with Gasteiger partial charge in [0, 0.05) is 17.7 Å². The Labute approximate surface area is 147 Å². The molecule has 0 spiro atoms. The first-order chi connectivity index (χ1) is 11.9. The fourth-order valence-electron chi connectivity index (χ4n) is 1.92. The molecule has 0 aromatic heterocycles. The van der Waals surface area contributed by atoms with Crippen molar-refractivity contribution in [2.45, 2.75) is 6.92 Å². The van der Waals surface area contributed by atoms with Crippen LogP contribution >= 0.6 is 11.6 Å². The molecule has 25 heavy (non-hydrogen) atoms. The monoisotopic (exact) mass is 363 g/mol. The summed E-state index contributed by atoms with van der Waals surface area (Å²) in [5.74, 6) is -0.602. The highest BCUT2D eigenvalue weighted by molar-refractivity contribution is 6.34. The molecule has 0 aliphatic carbocycles. The van der Waals surface area contributed by atoms with Crippen LogP contribution in [0.3, 0.4) is 0 Å². The zero-order valence-corrected chi connectivity index (χ0v) is 13.9. The highest BCUT2D eigenvalue weighted by Gasteiger charge is 2.15. The molecule has 0 saturated heterocycles. The van der Waals surface area contributed by atoms with E-state index in [0.717, 1.165) is 12.1 Å². The molecule has 0 saturated carbocycles. The van der Waals surface area contributed by atoms with Crippen LogP contribution < -0.4 is 15.6 Å². The molecule has 2 N–H and O–H groups in total. The third-order valence-electron chi connectivity index (χ3n) is 3.13.